The van der Waals surface area contributed by atoms with E-state index in [0.717, 1.165) is 6.42 Å². The van der Waals surface area contributed by atoms with Crippen molar-refractivity contribution < 1.29 is 19.8 Å². The first-order valence-electron chi connectivity index (χ1n) is 4.83. The molecule has 0 rings (SSSR count). The van der Waals surface area contributed by atoms with Gasteiger partial charge in [-0.3, -0.25) is 9.59 Å². The average Bonchev–Trinajstić information content (AvgIpc) is 2.01. The largest absolute Gasteiger partial charge is 0.481 e. The Morgan fingerprint density at radius 2 is 1.67 bits per heavy atom. The molecule has 0 aromatic rings. The maximum absolute atomic E-state index is 10.2. The van der Waals surface area contributed by atoms with Crippen LogP contribution in [0.5, 0.6) is 0 Å². The molecule has 4 N–H and O–H groups in total. The summed E-state index contributed by atoms with van der Waals surface area (Å²) in [6.45, 7) is 7.23. The molecule has 0 saturated carbocycles. The molecule has 0 bridgehead atoms. The second-order valence-electron chi connectivity index (χ2n) is 4.33. The van der Waals surface area contributed by atoms with E-state index >= 15 is 0 Å². The fourth-order valence-corrected chi connectivity index (χ4v) is 0.584. The van der Waals surface area contributed by atoms with Crippen LogP contribution in [0.2, 0.25) is 0 Å². The van der Waals surface area contributed by atoms with Gasteiger partial charge < -0.3 is 15.9 Å². The predicted octanol–water partition coefficient (Wildman–Crippen LogP) is 1.32. The van der Waals surface area contributed by atoms with Crippen molar-refractivity contribution in [2.45, 2.75) is 46.6 Å². The molecule has 0 aliphatic heterocycles. The zero-order valence-corrected chi connectivity index (χ0v) is 9.78. The van der Waals surface area contributed by atoms with E-state index in [-0.39, 0.29) is 5.41 Å². The van der Waals surface area contributed by atoms with Gasteiger partial charge in [-0.05, 0) is 11.8 Å². The molecular weight excluding hydrogens is 198 g/mol. The van der Waals surface area contributed by atoms with Gasteiger partial charge in [0.2, 0.25) is 0 Å². The summed E-state index contributed by atoms with van der Waals surface area (Å²) in [4.78, 5) is 19.8. The van der Waals surface area contributed by atoms with Crippen LogP contribution >= 0.6 is 0 Å². The highest BCUT2D eigenvalue weighted by Crippen LogP contribution is 2.16. The molecule has 0 fully saturated rings. The number of carboxylic acid groups (broad SMARTS) is 2. The lowest BCUT2D eigenvalue weighted by Gasteiger charge is -2.22. The van der Waals surface area contributed by atoms with Crippen LogP contribution in [0.1, 0.15) is 40.5 Å². The van der Waals surface area contributed by atoms with Gasteiger partial charge in [0.1, 0.15) is 6.04 Å². The van der Waals surface area contributed by atoms with Crippen molar-refractivity contribution in [3.8, 4) is 0 Å². The molecule has 90 valence electrons. The van der Waals surface area contributed by atoms with Crippen LogP contribution in [-0.4, -0.2) is 28.2 Å². The monoisotopic (exact) mass is 219 g/mol. The fraction of sp³-hybridized carbons (Fsp3) is 0.800. The Morgan fingerprint density at radius 1 is 1.27 bits per heavy atom. The van der Waals surface area contributed by atoms with Gasteiger partial charge >= 0.3 is 11.9 Å². The summed E-state index contributed by atoms with van der Waals surface area (Å²) in [6.07, 6.45) is 1.02. The van der Waals surface area contributed by atoms with E-state index in [1.54, 1.807) is 20.8 Å². The van der Waals surface area contributed by atoms with Crippen LogP contribution in [0.3, 0.4) is 0 Å². The third kappa shape index (κ3) is 10.8. The molecule has 5 heteroatoms. The average molecular weight is 219 g/mol. The third-order valence-electron chi connectivity index (χ3n) is 1.66. The minimum absolute atomic E-state index is 0.292. The molecule has 0 spiro atoms. The molecule has 5 nitrogen and oxygen atoms in total. The molecule has 0 unspecified atom stereocenters. The number of carboxylic acids is 2. The summed E-state index contributed by atoms with van der Waals surface area (Å²) in [5.74, 6) is -1.65. The molecule has 0 aliphatic rings. The van der Waals surface area contributed by atoms with Crippen LogP contribution in [-0.2, 0) is 9.59 Å². The van der Waals surface area contributed by atoms with E-state index in [1.807, 2.05) is 6.92 Å². The normalized spacial score (nSPS) is 12.3. The van der Waals surface area contributed by atoms with Crippen molar-refractivity contribution >= 4 is 11.9 Å². The van der Waals surface area contributed by atoms with Gasteiger partial charge in [-0.2, -0.15) is 0 Å². The van der Waals surface area contributed by atoms with E-state index in [0.29, 0.717) is 6.42 Å². The second kappa shape index (κ2) is 7.23. The summed E-state index contributed by atoms with van der Waals surface area (Å²) in [5, 5.41) is 16.3. The molecule has 0 radical (unpaired) electrons. The van der Waals surface area contributed by atoms with Crippen molar-refractivity contribution in [1.29, 1.82) is 0 Å². The lowest BCUT2D eigenvalue weighted by molar-refractivity contribution is -0.141. The van der Waals surface area contributed by atoms with Crippen LogP contribution in [0, 0.1) is 5.41 Å². The number of hydrogen-bond donors (Lipinski definition) is 3. The Balaban J connectivity index is 0. The molecule has 0 aromatic carbocycles. The van der Waals surface area contributed by atoms with E-state index in [2.05, 4.69) is 0 Å². The Hall–Kier alpha value is -1.10. The van der Waals surface area contributed by atoms with Crippen molar-refractivity contribution in [3.63, 3.8) is 0 Å². The standard InChI is InChI=1S/C6H13NO2.C4H8O2/c1-6(2,3)4(7)5(8)9;1-2-3-4(5)6/h4H,7H2,1-3H3,(H,8,9);2-3H2,1H3,(H,5,6)/t4-;/m1./s1. The van der Waals surface area contributed by atoms with Crippen LogP contribution in [0.15, 0.2) is 0 Å². The van der Waals surface area contributed by atoms with Crippen LogP contribution in [0.4, 0.5) is 0 Å². The second-order valence-corrected chi connectivity index (χ2v) is 4.33. The van der Waals surface area contributed by atoms with Crippen LogP contribution < -0.4 is 5.73 Å². The zero-order chi connectivity index (χ0) is 12.6. The number of rotatable bonds is 3. The highest BCUT2D eigenvalue weighted by atomic mass is 16.4. The lowest BCUT2D eigenvalue weighted by Crippen LogP contribution is -2.41. The smallest absolute Gasteiger partial charge is 0.321 e. The minimum atomic E-state index is -0.942. The van der Waals surface area contributed by atoms with Crippen molar-refractivity contribution in [3.05, 3.63) is 0 Å². The highest BCUT2D eigenvalue weighted by molar-refractivity contribution is 5.74. The molecule has 0 heterocycles. The fourth-order valence-electron chi connectivity index (χ4n) is 0.584. The van der Waals surface area contributed by atoms with Gasteiger partial charge in [-0.1, -0.05) is 27.7 Å². The Morgan fingerprint density at radius 3 is 1.67 bits per heavy atom. The van der Waals surface area contributed by atoms with E-state index < -0.39 is 18.0 Å². The Labute approximate surface area is 90.3 Å². The van der Waals surface area contributed by atoms with Gasteiger partial charge in [0.25, 0.3) is 0 Å². The van der Waals surface area contributed by atoms with E-state index in [1.165, 1.54) is 0 Å². The number of hydrogen-bond acceptors (Lipinski definition) is 3. The van der Waals surface area contributed by atoms with E-state index in [4.69, 9.17) is 15.9 Å². The molecule has 0 saturated heterocycles. The molecule has 15 heavy (non-hydrogen) atoms. The van der Waals surface area contributed by atoms with Crippen molar-refractivity contribution in [2.24, 2.45) is 11.1 Å². The molecule has 0 aromatic heterocycles. The first kappa shape index (κ1) is 16.3. The SMILES string of the molecule is CC(C)(C)[C@H](N)C(=O)O.CCCC(=O)O. The van der Waals surface area contributed by atoms with Gasteiger partial charge in [-0.25, -0.2) is 0 Å². The summed E-state index contributed by atoms with van der Waals surface area (Å²) < 4.78 is 0. The lowest BCUT2D eigenvalue weighted by atomic mass is 9.88. The predicted molar refractivity (Wildman–Crippen MR) is 57.6 cm³/mol. The van der Waals surface area contributed by atoms with Gasteiger partial charge in [0.05, 0.1) is 0 Å². The molecule has 0 aliphatic carbocycles. The van der Waals surface area contributed by atoms with Gasteiger partial charge in [0, 0.05) is 6.42 Å². The third-order valence-corrected chi connectivity index (χ3v) is 1.66. The number of aliphatic carboxylic acids is 2. The maximum Gasteiger partial charge on any atom is 0.321 e. The van der Waals surface area contributed by atoms with Crippen LogP contribution in [0.25, 0.3) is 0 Å². The minimum Gasteiger partial charge on any atom is -0.481 e. The summed E-state index contributed by atoms with van der Waals surface area (Å²) in [7, 11) is 0. The number of nitrogens with two attached hydrogens (primary N) is 1. The Kier molecular flexibility index (Phi) is 7.87. The molecule has 1 atom stereocenters. The summed E-state index contributed by atoms with van der Waals surface area (Å²) >= 11 is 0. The zero-order valence-electron chi connectivity index (χ0n) is 9.78. The van der Waals surface area contributed by atoms with Gasteiger partial charge in [0.15, 0.2) is 0 Å². The van der Waals surface area contributed by atoms with E-state index in [9.17, 15) is 9.59 Å². The summed E-state index contributed by atoms with van der Waals surface area (Å²) in [5.41, 5.74) is 4.95. The summed E-state index contributed by atoms with van der Waals surface area (Å²) in [6, 6.07) is -0.766. The molecular formula is C10H21NO4. The van der Waals surface area contributed by atoms with Crippen molar-refractivity contribution in [1.82, 2.24) is 0 Å². The highest BCUT2D eigenvalue weighted by Gasteiger charge is 2.26. The van der Waals surface area contributed by atoms with Gasteiger partial charge in [-0.15, -0.1) is 0 Å². The molecule has 0 amide bonds. The maximum atomic E-state index is 10.2. The number of carbonyl (C=O) groups is 2. The quantitative estimate of drug-likeness (QED) is 0.664. The van der Waals surface area contributed by atoms with Crippen molar-refractivity contribution in [2.75, 3.05) is 0 Å². The Bertz CT molecular complexity index is 208. The topological polar surface area (TPSA) is 101 Å². The first-order valence-corrected chi connectivity index (χ1v) is 4.83. The first-order chi connectivity index (χ1) is 6.62.